The fourth-order valence-corrected chi connectivity index (χ4v) is 1.17. The minimum Gasteiger partial charge on any atom is -0.481 e. The lowest BCUT2D eigenvalue weighted by Crippen LogP contribution is -2.42. The van der Waals surface area contributed by atoms with E-state index >= 15 is 0 Å². The largest absolute Gasteiger partial charge is 0.481 e. The van der Waals surface area contributed by atoms with Crippen LogP contribution in [0.4, 0.5) is 0 Å². The summed E-state index contributed by atoms with van der Waals surface area (Å²) in [5.41, 5.74) is 6.42. The maximum Gasteiger partial charge on any atom is 0.303 e. The van der Waals surface area contributed by atoms with Crippen LogP contribution in [0.15, 0.2) is 12.2 Å². The van der Waals surface area contributed by atoms with Gasteiger partial charge in [-0.1, -0.05) is 12.2 Å². The van der Waals surface area contributed by atoms with Gasteiger partial charge in [-0.3, -0.25) is 9.59 Å². The molecule has 1 atom stereocenters. The third-order valence-electron chi connectivity index (χ3n) is 1.87. The standard InChI is InChI=1S/C10H18N2O3/c1-7(2)6-12(3)10(15)8(11)4-5-9(13)14/h8H,1,4-6,11H2,2-3H3,(H,13,14). The highest BCUT2D eigenvalue weighted by Crippen LogP contribution is 2.01. The topological polar surface area (TPSA) is 83.6 Å². The fourth-order valence-electron chi connectivity index (χ4n) is 1.17. The number of nitrogens with two attached hydrogens (primary N) is 1. The molecule has 0 aromatic heterocycles. The zero-order valence-electron chi connectivity index (χ0n) is 9.19. The number of hydrogen-bond acceptors (Lipinski definition) is 3. The average molecular weight is 214 g/mol. The summed E-state index contributed by atoms with van der Waals surface area (Å²) in [4.78, 5) is 23.3. The van der Waals surface area contributed by atoms with Crippen LogP contribution in [0.5, 0.6) is 0 Å². The Morgan fingerprint density at radius 2 is 2.07 bits per heavy atom. The van der Waals surface area contributed by atoms with Crippen molar-refractivity contribution in [1.29, 1.82) is 0 Å². The second-order valence-corrected chi connectivity index (χ2v) is 3.69. The van der Waals surface area contributed by atoms with Crippen LogP contribution in [0.3, 0.4) is 0 Å². The molecule has 0 radical (unpaired) electrons. The number of carboxylic acids is 1. The van der Waals surface area contributed by atoms with Crippen LogP contribution in [-0.2, 0) is 9.59 Å². The third-order valence-corrected chi connectivity index (χ3v) is 1.87. The molecule has 86 valence electrons. The third kappa shape index (κ3) is 5.85. The van der Waals surface area contributed by atoms with Crippen LogP contribution in [0.25, 0.3) is 0 Å². The van der Waals surface area contributed by atoms with Crippen molar-refractivity contribution < 1.29 is 14.7 Å². The molecule has 0 aliphatic rings. The predicted octanol–water partition coefficient (Wildman–Crippen LogP) is 0.213. The summed E-state index contributed by atoms with van der Waals surface area (Å²) in [5, 5.41) is 8.43. The first-order valence-corrected chi connectivity index (χ1v) is 4.71. The molecule has 1 amide bonds. The zero-order valence-corrected chi connectivity index (χ0v) is 9.19. The summed E-state index contributed by atoms with van der Waals surface area (Å²) in [6, 6.07) is -0.745. The van der Waals surface area contributed by atoms with Crippen LogP contribution in [0.1, 0.15) is 19.8 Å². The quantitative estimate of drug-likeness (QED) is 0.619. The van der Waals surface area contributed by atoms with Gasteiger partial charge in [-0.2, -0.15) is 0 Å². The molecule has 0 heterocycles. The predicted molar refractivity (Wildman–Crippen MR) is 57.3 cm³/mol. The first kappa shape index (κ1) is 13.6. The molecule has 15 heavy (non-hydrogen) atoms. The van der Waals surface area contributed by atoms with E-state index in [0.29, 0.717) is 6.54 Å². The Kier molecular flexibility index (Phi) is 5.62. The molecule has 0 saturated carbocycles. The van der Waals surface area contributed by atoms with Gasteiger partial charge in [0.1, 0.15) is 0 Å². The Labute approximate surface area is 89.6 Å². The van der Waals surface area contributed by atoms with Crippen molar-refractivity contribution in [2.45, 2.75) is 25.8 Å². The van der Waals surface area contributed by atoms with E-state index in [1.807, 2.05) is 6.92 Å². The van der Waals surface area contributed by atoms with E-state index in [-0.39, 0.29) is 18.7 Å². The summed E-state index contributed by atoms with van der Waals surface area (Å²) in [6.07, 6.45) is 0.0719. The Hall–Kier alpha value is -1.36. The zero-order chi connectivity index (χ0) is 12.0. The summed E-state index contributed by atoms with van der Waals surface area (Å²) in [7, 11) is 1.62. The molecule has 0 aromatic carbocycles. The number of aliphatic carboxylic acids is 1. The number of carbonyl (C=O) groups is 2. The van der Waals surface area contributed by atoms with Crippen molar-refractivity contribution in [3.05, 3.63) is 12.2 Å². The Bertz CT molecular complexity index is 263. The van der Waals surface area contributed by atoms with Gasteiger partial charge in [-0.25, -0.2) is 0 Å². The van der Waals surface area contributed by atoms with Crippen LogP contribution >= 0.6 is 0 Å². The highest BCUT2D eigenvalue weighted by Gasteiger charge is 2.18. The molecule has 0 saturated heterocycles. The van der Waals surface area contributed by atoms with Crippen LogP contribution in [0.2, 0.25) is 0 Å². The number of hydrogen-bond donors (Lipinski definition) is 2. The lowest BCUT2D eigenvalue weighted by molar-refractivity contribution is -0.137. The molecular weight excluding hydrogens is 196 g/mol. The Morgan fingerprint density at radius 1 is 1.53 bits per heavy atom. The molecule has 0 aliphatic heterocycles. The van der Waals surface area contributed by atoms with Gasteiger partial charge in [-0.05, 0) is 13.3 Å². The van der Waals surface area contributed by atoms with Crippen molar-refractivity contribution in [3.8, 4) is 0 Å². The van der Waals surface area contributed by atoms with Crippen molar-refractivity contribution in [1.82, 2.24) is 4.90 Å². The molecule has 0 fully saturated rings. The molecule has 5 heteroatoms. The number of amides is 1. The van der Waals surface area contributed by atoms with Gasteiger partial charge in [0.25, 0.3) is 0 Å². The molecule has 3 N–H and O–H groups in total. The summed E-state index contributed by atoms with van der Waals surface area (Å²) in [5.74, 6) is -1.19. The van der Waals surface area contributed by atoms with Gasteiger partial charge in [-0.15, -0.1) is 0 Å². The number of nitrogens with zero attached hydrogens (tertiary/aromatic N) is 1. The van der Waals surface area contributed by atoms with E-state index in [1.165, 1.54) is 4.90 Å². The van der Waals surface area contributed by atoms with E-state index < -0.39 is 12.0 Å². The van der Waals surface area contributed by atoms with Crippen molar-refractivity contribution >= 4 is 11.9 Å². The summed E-state index contributed by atoms with van der Waals surface area (Å²) >= 11 is 0. The molecule has 0 spiro atoms. The van der Waals surface area contributed by atoms with Crippen LogP contribution in [0, 0.1) is 0 Å². The van der Waals surface area contributed by atoms with E-state index in [1.54, 1.807) is 7.05 Å². The second kappa shape index (κ2) is 6.19. The second-order valence-electron chi connectivity index (χ2n) is 3.69. The van der Waals surface area contributed by atoms with Gasteiger partial charge in [0.2, 0.25) is 5.91 Å². The first-order chi connectivity index (χ1) is 6.84. The number of carboxylic acid groups (broad SMARTS) is 1. The van der Waals surface area contributed by atoms with Crippen molar-refractivity contribution in [3.63, 3.8) is 0 Å². The Balaban J connectivity index is 4.07. The Morgan fingerprint density at radius 3 is 2.47 bits per heavy atom. The molecular formula is C10H18N2O3. The van der Waals surface area contributed by atoms with Gasteiger partial charge >= 0.3 is 5.97 Å². The molecule has 0 rings (SSSR count). The lowest BCUT2D eigenvalue weighted by atomic mass is 10.1. The maximum atomic E-state index is 11.6. The SMILES string of the molecule is C=C(C)CN(C)C(=O)C(N)CCC(=O)O. The summed E-state index contributed by atoms with van der Waals surface area (Å²) < 4.78 is 0. The molecule has 0 bridgehead atoms. The van der Waals surface area contributed by atoms with Gasteiger partial charge in [0, 0.05) is 20.0 Å². The van der Waals surface area contributed by atoms with Gasteiger partial charge in [0.05, 0.1) is 6.04 Å². The normalized spacial score (nSPS) is 11.9. The molecule has 5 nitrogen and oxygen atoms in total. The molecule has 1 unspecified atom stereocenters. The van der Waals surface area contributed by atoms with Crippen LogP contribution < -0.4 is 5.73 Å². The first-order valence-electron chi connectivity index (χ1n) is 4.71. The number of likely N-dealkylation sites (N-methyl/N-ethyl adjacent to an activating group) is 1. The molecule has 0 aromatic rings. The maximum absolute atomic E-state index is 11.6. The number of carbonyl (C=O) groups excluding carboxylic acids is 1. The molecule has 0 aliphatic carbocycles. The average Bonchev–Trinajstić information content (AvgIpc) is 2.11. The van der Waals surface area contributed by atoms with Gasteiger partial charge in [0.15, 0.2) is 0 Å². The van der Waals surface area contributed by atoms with Crippen molar-refractivity contribution in [2.24, 2.45) is 5.73 Å². The fraction of sp³-hybridized carbons (Fsp3) is 0.600. The number of rotatable bonds is 6. The van der Waals surface area contributed by atoms with Crippen molar-refractivity contribution in [2.75, 3.05) is 13.6 Å². The highest BCUT2D eigenvalue weighted by molar-refractivity contribution is 5.82. The van der Waals surface area contributed by atoms with Crippen LogP contribution in [-0.4, -0.2) is 41.5 Å². The van der Waals surface area contributed by atoms with E-state index in [9.17, 15) is 9.59 Å². The summed E-state index contributed by atoms with van der Waals surface area (Å²) in [6.45, 7) is 5.94. The monoisotopic (exact) mass is 214 g/mol. The van der Waals surface area contributed by atoms with E-state index in [4.69, 9.17) is 10.8 Å². The van der Waals surface area contributed by atoms with Gasteiger partial charge < -0.3 is 15.7 Å². The minimum absolute atomic E-state index is 0.0895. The minimum atomic E-state index is -0.944. The van der Waals surface area contributed by atoms with E-state index in [0.717, 1.165) is 5.57 Å². The highest BCUT2D eigenvalue weighted by atomic mass is 16.4. The lowest BCUT2D eigenvalue weighted by Gasteiger charge is -2.20. The smallest absolute Gasteiger partial charge is 0.303 e. The van der Waals surface area contributed by atoms with E-state index in [2.05, 4.69) is 6.58 Å².